The Morgan fingerprint density at radius 3 is 2.52 bits per heavy atom. The molecule has 1 N–H and O–H groups in total. The van der Waals surface area contributed by atoms with Gasteiger partial charge in [-0.1, -0.05) is 60.5 Å². The van der Waals surface area contributed by atoms with Gasteiger partial charge < -0.3 is 5.32 Å². The molecule has 0 fully saturated rings. The van der Waals surface area contributed by atoms with E-state index < -0.39 is 18.4 Å². The maximum absolute atomic E-state index is 13.7. The van der Waals surface area contributed by atoms with Gasteiger partial charge in [-0.15, -0.1) is 0 Å². The van der Waals surface area contributed by atoms with Crippen LogP contribution >= 0.6 is 11.6 Å². The van der Waals surface area contributed by atoms with Crippen LogP contribution in [0.15, 0.2) is 48.5 Å². The fraction of sp³-hybridized carbons (Fsp3) is 0.292. The number of nitrogens with one attached hydrogen (secondary N) is 1. The molecule has 2 aromatic heterocycles. The summed E-state index contributed by atoms with van der Waals surface area (Å²) in [5, 5.41) is 7.44. The van der Waals surface area contributed by atoms with Crippen molar-refractivity contribution in [2.75, 3.05) is 6.54 Å². The third kappa shape index (κ3) is 4.61. The number of benzene rings is 2. The molecule has 1 amide bonds. The molecule has 0 aliphatic carbocycles. The first-order valence-electron chi connectivity index (χ1n) is 10.6. The van der Waals surface area contributed by atoms with Gasteiger partial charge in [-0.2, -0.15) is 13.9 Å². The number of fused-ring (bicyclic) bond motifs is 1. The Morgan fingerprint density at radius 1 is 1.12 bits per heavy atom. The normalized spacial score (nSPS) is 12.5. The number of aromatic nitrogens is 4. The highest BCUT2D eigenvalue weighted by Crippen LogP contribution is 2.27. The predicted molar refractivity (Wildman–Crippen MR) is 124 cm³/mol. The van der Waals surface area contributed by atoms with Crippen LogP contribution in [-0.2, 0) is 6.54 Å². The Hall–Kier alpha value is -3.26. The van der Waals surface area contributed by atoms with E-state index in [1.165, 1.54) is 0 Å². The average Bonchev–Trinajstić information content (AvgIpc) is 3.31. The first kappa shape index (κ1) is 22.9. The molecule has 0 radical (unpaired) electrons. The maximum Gasteiger partial charge on any atom is 0.320 e. The van der Waals surface area contributed by atoms with Gasteiger partial charge in [-0.3, -0.25) is 9.36 Å². The molecule has 0 aliphatic rings. The number of para-hydroxylation sites is 2. The van der Waals surface area contributed by atoms with E-state index in [1.807, 2.05) is 31.2 Å². The maximum atomic E-state index is 13.7. The lowest BCUT2D eigenvalue weighted by Crippen LogP contribution is -2.29. The summed E-state index contributed by atoms with van der Waals surface area (Å²) in [5.41, 5.74) is 3.78. The van der Waals surface area contributed by atoms with Crippen molar-refractivity contribution in [1.29, 1.82) is 0 Å². The summed E-state index contributed by atoms with van der Waals surface area (Å²) in [6.07, 6.45) is 0. The fourth-order valence-corrected chi connectivity index (χ4v) is 4.14. The lowest BCUT2D eigenvalue weighted by atomic mass is 10.1. The van der Waals surface area contributed by atoms with E-state index in [-0.39, 0.29) is 23.1 Å². The van der Waals surface area contributed by atoms with Crippen molar-refractivity contribution in [3.8, 4) is 0 Å². The lowest BCUT2D eigenvalue weighted by Gasteiger charge is -2.15. The summed E-state index contributed by atoms with van der Waals surface area (Å²) in [7, 11) is 0. The Kier molecular flexibility index (Phi) is 6.47. The van der Waals surface area contributed by atoms with Gasteiger partial charge in [0.15, 0.2) is 0 Å². The van der Waals surface area contributed by atoms with Crippen LogP contribution in [0.1, 0.15) is 52.4 Å². The molecule has 0 spiro atoms. The molecule has 172 valence electrons. The molecular weight excluding hydrogens is 448 g/mol. The Morgan fingerprint density at radius 2 is 1.82 bits per heavy atom. The molecule has 2 heterocycles. The number of alkyl halides is 2. The predicted octanol–water partition coefficient (Wildman–Crippen LogP) is 5.48. The summed E-state index contributed by atoms with van der Waals surface area (Å²) in [5.74, 6) is -0.638. The fourth-order valence-electron chi connectivity index (χ4n) is 3.82. The molecule has 1 unspecified atom stereocenters. The highest BCUT2D eigenvalue weighted by atomic mass is 35.5. The van der Waals surface area contributed by atoms with Crippen LogP contribution in [0, 0.1) is 13.8 Å². The zero-order valence-corrected chi connectivity index (χ0v) is 19.3. The number of halogens is 3. The molecule has 33 heavy (non-hydrogen) atoms. The van der Waals surface area contributed by atoms with Crippen LogP contribution in [0.4, 0.5) is 8.78 Å². The van der Waals surface area contributed by atoms with Gasteiger partial charge in [0.2, 0.25) is 0 Å². The summed E-state index contributed by atoms with van der Waals surface area (Å²) < 4.78 is 29.9. The van der Waals surface area contributed by atoms with Gasteiger partial charge in [0.05, 0.1) is 28.8 Å². The molecule has 6 nitrogen and oxygen atoms in total. The number of carbonyl (C=O) groups is 1. The molecule has 4 rings (SSSR count). The third-order valence-electron chi connectivity index (χ3n) is 5.57. The average molecular weight is 472 g/mol. The second kappa shape index (κ2) is 9.31. The van der Waals surface area contributed by atoms with E-state index in [0.717, 1.165) is 15.7 Å². The van der Waals surface area contributed by atoms with Crippen molar-refractivity contribution in [1.82, 2.24) is 24.6 Å². The van der Waals surface area contributed by atoms with Gasteiger partial charge >= 0.3 is 6.55 Å². The van der Waals surface area contributed by atoms with Crippen molar-refractivity contribution >= 4 is 28.5 Å². The standard InChI is InChI=1S/C24H24ClF2N5O/c1-14-8-10-17(11-9-14)13-31-21(25)20(16(3)30-31)23(33)28-12-15(2)22-29-18-6-4-5-7-19(18)32(22)24(26)27/h4-11,15,24H,12-13H2,1-3H3,(H,28,33). The van der Waals surface area contributed by atoms with Crippen LogP contribution in [0.5, 0.6) is 0 Å². The molecule has 0 saturated carbocycles. The van der Waals surface area contributed by atoms with Crippen LogP contribution in [-0.4, -0.2) is 31.8 Å². The van der Waals surface area contributed by atoms with Gasteiger partial charge in [0.1, 0.15) is 11.0 Å². The second-order valence-electron chi connectivity index (χ2n) is 8.11. The molecule has 2 aromatic carbocycles. The number of amides is 1. The third-order valence-corrected chi connectivity index (χ3v) is 5.96. The van der Waals surface area contributed by atoms with Gasteiger partial charge in [0.25, 0.3) is 5.91 Å². The van der Waals surface area contributed by atoms with Gasteiger partial charge in [-0.25, -0.2) is 9.67 Å². The number of carbonyl (C=O) groups excluding carboxylic acids is 1. The van der Waals surface area contributed by atoms with Crippen LogP contribution in [0.3, 0.4) is 0 Å². The van der Waals surface area contributed by atoms with E-state index >= 15 is 0 Å². The monoisotopic (exact) mass is 471 g/mol. The van der Waals surface area contributed by atoms with Crippen LogP contribution < -0.4 is 5.32 Å². The van der Waals surface area contributed by atoms with E-state index in [2.05, 4.69) is 15.4 Å². The number of hydrogen-bond acceptors (Lipinski definition) is 3. The Bertz CT molecular complexity index is 1300. The SMILES string of the molecule is Cc1ccc(Cn2nc(C)c(C(=O)NCC(C)c3nc4ccccc4n3C(F)F)c2Cl)cc1. The first-order chi connectivity index (χ1) is 15.8. The Labute approximate surface area is 195 Å². The minimum absolute atomic E-state index is 0.119. The molecule has 0 bridgehead atoms. The summed E-state index contributed by atoms with van der Waals surface area (Å²) in [6, 6.07) is 14.7. The molecule has 0 aliphatic heterocycles. The Balaban J connectivity index is 1.50. The smallest absolute Gasteiger partial charge is 0.320 e. The molecule has 9 heteroatoms. The highest BCUT2D eigenvalue weighted by molar-refractivity contribution is 6.33. The molecule has 0 saturated heterocycles. The zero-order valence-electron chi connectivity index (χ0n) is 18.5. The molecule has 4 aromatic rings. The summed E-state index contributed by atoms with van der Waals surface area (Å²) >= 11 is 6.48. The van der Waals surface area contributed by atoms with Crippen molar-refractivity contribution < 1.29 is 13.6 Å². The molecular formula is C24H24ClF2N5O. The van der Waals surface area contributed by atoms with Crippen LogP contribution in [0.2, 0.25) is 5.15 Å². The van der Waals surface area contributed by atoms with Gasteiger partial charge in [0, 0.05) is 12.5 Å². The minimum atomic E-state index is -2.73. The molecule has 1 atom stereocenters. The zero-order chi connectivity index (χ0) is 23.7. The number of imidazole rings is 1. The number of rotatable bonds is 7. The number of aryl methyl sites for hydroxylation is 2. The summed E-state index contributed by atoms with van der Waals surface area (Å²) in [6.45, 7) is 3.29. The van der Waals surface area contributed by atoms with Crippen molar-refractivity contribution in [2.45, 2.75) is 39.8 Å². The first-order valence-corrected chi connectivity index (χ1v) is 11.0. The summed E-state index contributed by atoms with van der Waals surface area (Å²) in [4.78, 5) is 17.3. The van der Waals surface area contributed by atoms with Crippen molar-refractivity contribution in [3.63, 3.8) is 0 Å². The van der Waals surface area contributed by atoms with Crippen LogP contribution in [0.25, 0.3) is 11.0 Å². The van der Waals surface area contributed by atoms with Crippen molar-refractivity contribution in [3.05, 3.63) is 81.9 Å². The van der Waals surface area contributed by atoms with E-state index in [1.54, 1.807) is 42.8 Å². The van der Waals surface area contributed by atoms with Crippen molar-refractivity contribution in [2.24, 2.45) is 0 Å². The van der Waals surface area contributed by atoms with E-state index in [9.17, 15) is 13.6 Å². The second-order valence-corrected chi connectivity index (χ2v) is 8.47. The largest absolute Gasteiger partial charge is 0.351 e. The van der Waals surface area contributed by atoms with E-state index in [0.29, 0.717) is 23.3 Å². The lowest BCUT2D eigenvalue weighted by molar-refractivity contribution is 0.0704. The van der Waals surface area contributed by atoms with E-state index in [4.69, 9.17) is 11.6 Å². The minimum Gasteiger partial charge on any atom is -0.351 e. The number of nitrogens with zero attached hydrogens (tertiary/aromatic N) is 4. The number of hydrogen-bond donors (Lipinski definition) is 1. The highest BCUT2D eigenvalue weighted by Gasteiger charge is 2.24. The van der Waals surface area contributed by atoms with Gasteiger partial charge in [-0.05, 0) is 31.5 Å². The topological polar surface area (TPSA) is 64.7 Å². The quantitative estimate of drug-likeness (QED) is 0.388.